The van der Waals surface area contributed by atoms with E-state index in [0.717, 1.165) is 64.2 Å². The molecule has 0 heterocycles. The van der Waals surface area contributed by atoms with Crippen LogP contribution in [0.2, 0.25) is 0 Å². The Bertz CT molecular complexity index is 615. The molecular weight excluding hydrogens is 548 g/mol. The highest BCUT2D eigenvalue weighted by Gasteiger charge is 2.05. The summed E-state index contributed by atoms with van der Waals surface area (Å²) in [5.74, 6) is -0.147. The van der Waals surface area contributed by atoms with Gasteiger partial charge >= 0.3 is 11.9 Å². The lowest BCUT2D eigenvalue weighted by atomic mass is 10.0. The number of rotatable bonds is 34. The van der Waals surface area contributed by atoms with Gasteiger partial charge in [0.25, 0.3) is 0 Å². The molecule has 0 aliphatic heterocycles. The molecule has 0 aromatic carbocycles. The molecule has 0 spiro atoms. The molecule has 0 unspecified atom stereocenters. The van der Waals surface area contributed by atoms with Gasteiger partial charge in [0.05, 0.1) is 6.10 Å². The first kappa shape index (κ1) is 42.4. The van der Waals surface area contributed by atoms with Crippen molar-refractivity contribution in [2.45, 2.75) is 200 Å². The van der Waals surface area contributed by atoms with E-state index in [1.54, 1.807) is 0 Å². The molecule has 0 aliphatic carbocycles. The number of aliphatic hydroxyl groups excluding tert-OH is 1. The molecule has 1 N–H and O–H groups in total. The molecule has 0 bridgehead atoms. The van der Waals surface area contributed by atoms with E-state index in [1.165, 1.54) is 103 Å². The summed E-state index contributed by atoms with van der Waals surface area (Å²) in [7, 11) is 0. The first-order chi connectivity index (χ1) is 21.6. The Kier molecular flexibility index (Phi) is 34.5. The second kappa shape index (κ2) is 35.9. The molecule has 258 valence electrons. The standard InChI is InChI=1S/C39H72O5/c1-3-5-7-9-17-23-29-35-43-38(41)33-27-21-15-11-13-19-25-31-37(40)32-26-20-14-12-16-22-28-34-39(42)44-36-30-24-18-10-8-6-4-2/h23-24,29-30,37,40H,3-22,25-28,31-36H2,1-2H3/b29-23-,30-24-. The summed E-state index contributed by atoms with van der Waals surface area (Å²) in [6, 6.07) is 0. The molecule has 0 aliphatic rings. The van der Waals surface area contributed by atoms with Crippen molar-refractivity contribution in [3.05, 3.63) is 24.3 Å². The van der Waals surface area contributed by atoms with Gasteiger partial charge in [-0.05, 0) is 51.4 Å². The van der Waals surface area contributed by atoms with E-state index >= 15 is 0 Å². The van der Waals surface area contributed by atoms with Crippen LogP contribution in [0.15, 0.2) is 24.3 Å². The summed E-state index contributed by atoms with van der Waals surface area (Å²) in [5, 5.41) is 10.3. The molecule has 5 nitrogen and oxygen atoms in total. The van der Waals surface area contributed by atoms with Crippen molar-refractivity contribution in [2.24, 2.45) is 0 Å². The van der Waals surface area contributed by atoms with Crippen LogP contribution in [0.5, 0.6) is 0 Å². The number of carbonyl (C=O) groups excluding carboxylic acids is 2. The van der Waals surface area contributed by atoms with Crippen LogP contribution in [-0.2, 0) is 19.1 Å². The van der Waals surface area contributed by atoms with Crippen LogP contribution in [0.4, 0.5) is 0 Å². The topological polar surface area (TPSA) is 72.8 Å². The first-order valence-corrected chi connectivity index (χ1v) is 18.9. The van der Waals surface area contributed by atoms with E-state index in [-0.39, 0.29) is 18.0 Å². The number of ether oxygens (including phenoxy) is 2. The molecule has 0 aromatic rings. The van der Waals surface area contributed by atoms with Gasteiger partial charge < -0.3 is 14.6 Å². The Hall–Kier alpha value is -1.62. The maximum atomic E-state index is 11.8. The van der Waals surface area contributed by atoms with Crippen molar-refractivity contribution in [3.8, 4) is 0 Å². The molecule has 0 aromatic heterocycles. The van der Waals surface area contributed by atoms with Crippen molar-refractivity contribution < 1.29 is 24.2 Å². The zero-order chi connectivity index (χ0) is 32.2. The monoisotopic (exact) mass is 621 g/mol. The van der Waals surface area contributed by atoms with Gasteiger partial charge in [0, 0.05) is 12.8 Å². The van der Waals surface area contributed by atoms with Crippen molar-refractivity contribution in [2.75, 3.05) is 13.2 Å². The Morgan fingerprint density at radius 3 is 1.20 bits per heavy atom. The van der Waals surface area contributed by atoms with Crippen LogP contribution in [0.25, 0.3) is 0 Å². The van der Waals surface area contributed by atoms with Crippen LogP contribution in [0.3, 0.4) is 0 Å². The Balaban J connectivity index is 3.35. The number of allylic oxidation sites excluding steroid dienone is 2. The maximum Gasteiger partial charge on any atom is 0.306 e. The number of hydrogen-bond acceptors (Lipinski definition) is 5. The summed E-state index contributed by atoms with van der Waals surface area (Å²) in [6.45, 7) is 5.27. The van der Waals surface area contributed by atoms with E-state index in [0.29, 0.717) is 26.1 Å². The van der Waals surface area contributed by atoms with Crippen LogP contribution >= 0.6 is 0 Å². The lowest BCUT2D eigenvalue weighted by Gasteiger charge is -2.10. The van der Waals surface area contributed by atoms with Crippen LogP contribution in [0, 0.1) is 0 Å². The highest BCUT2D eigenvalue weighted by atomic mass is 16.5. The van der Waals surface area contributed by atoms with Crippen molar-refractivity contribution in [1.29, 1.82) is 0 Å². The van der Waals surface area contributed by atoms with E-state index in [1.807, 2.05) is 12.2 Å². The molecule has 0 saturated heterocycles. The predicted molar refractivity (Wildman–Crippen MR) is 187 cm³/mol. The van der Waals surface area contributed by atoms with Gasteiger partial charge in [-0.3, -0.25) is 9.59 Å². The molecule has 5 heteroatoms. The van der Waals surface area contributed by atoms with Gasteiger partial charge in [-0.1, -0.05) is 154 Å². The van der Waals surface area contributed by atoms with Crippen molar-refractivity contribution in [3.63, 3.8) is 0 Å². The smallest absolute Gasteiger partial charge is 0.306 e. The maximum absolute atomic E-state index is 11.8. The molecule has 44 heavy (non-hydrogen) atoms. The van der Waals surface area contributed by atoms with E-state index < -0.39 is 0 Å². The minimum atomic E-state index is -0.154. The summed E-state index contributed by atoms with van der Waals surface area (Å²) in [4.78, 5) is 23.6. The number of esters is 2. The molecule has 0 radical (unpaired) electrons. The second-order valence-corrected chi connectivity index (χ2v) is 12.7. The fourth-order valence-corrected chi connectivity index (χ4v) is 5.39. The van der Waals surface area contributed by atoms with Crippen molar-refractivity contribution in [1.82, 2.24) is 0 Å². The average molecular weight is 621 g/mol. The second-order valence-electron chi connectivity index (χ2n) is 12.7. The number of aliphatic hydroxyl groups is 1. The van der Waals surface area contributed by atoms with E-state index in [9.17, 15) is 14.7 Å². The predicted octanol–water partition coefficient (Wildman–Crippen LogP) is 11.5. The van der Waals surface area contributed by atoms with Gasteiger partial charge in [-0.15, -0.1) is 0 Å². The van der Waals surface area contributed by atoms with Gasteiger partial charge in [-0.2, -0.15) is 0 Å². The van der Waals surface area contributed by atoms with Gasteiger partial charge in [0.1, 0.15) is 13.2 Å². The van der Waals surface area contributed by atoms with Crippen LogP contribution in [0.1, 0.15) is 194 Å². The zero-order valence-corrected chi connectivity index (χ0v) is 29.2. The number of hydrogen-bond donors (Lipinski definition) is 1. The normalized spacial score (nSPS) is 11.7. The van der Waals surface area contributed by atoms with Gasteiger partial charge in [-0.25, -0.2) is 0 Å². The highest BCUT2D eigenvalue weighted by molar-refractivity contribution is 5.69. The zero-order valence-electron chi connectivity index (χ0n) is 29.2. The average Bonchev–Trinajstić information content (AvgIpc) is 3.02. The summed E-state index contributed by atoms with van der Waals surface area (Å²) in [5.41, 5.74) is 0. The fraction of sp³-hybridized carbons (Fsp3) is 0.846. The summed E-state index contributed by atoms with van der Waals surface area (Å²) >= 11 is 0. The van der Waals surface area contributed by atoms with Gasteiger partial charge in [0.15, 0.2) is 0 Å². The lowest BCUT2D eigenvalue weighted by Crippen LogP contribution is -2.06. The summed E-state index contributed by atoms with van der Waals surface area (Å²) in [6.07, 6.45) is 39.1. The minimum absolute atomic E-state index is 0.0733. The fourth-order valence-electron chi connectivity index (χ4n) is 5.39. The third kappa shape index (κ3) is 34.9. The van der Waals surface area contributed by atoms with Crippen molar-refractivity contribution >= 4 is 11.9 Å². The largest absolute Gasteiger partial charge is 0.461 e. The molecule has 0 rings (SSSR count). The van der Waals surface area contributed by atoms with E-state index in [2.05, 4.69) is 26.0 Å². The highest BCUT2D eigenvalue weighted by Crippen LogP contribution is 2.15. The quantitative estimate of drug-likeness (QED) is 0.0440. The van der Waals surface area contributed by atoms with Crippen LogP contribution < -0.4 is 0 Å². The Labute approximate surface area is 273 Å². The third-order valence-corrected chi connectivity index (χ3v) is 8.30. The molecular formula is C39H72O5. The lowest BCUT2D eigenvalue weighted by molar-refractivity contribution is -0.143. The minimum Gasteiger partial charge on any atom is -0.461 e. The molecule has 0 fully saturated rings. The van der Waals surface area contributed by atoms with E-state index in [4.69, 9.17) is 9.47 Å². The van der Waals surface area contributed by atoms with Gasteiger partial charge in [0.2, 0.25) is 0 Å². The Morgan fingerprint density at radius 2 is 0.818 bits per heavy atom. The molecule has 0 amide bonds. The third-order valence-electron chi connectivity index (χ3n) is 8.30. The van der Waals surface area contributed by atoms with Crippen LogP contribution in [-0.4, -0.2) is 36.4 Å². The summed E-state index contributed by atoms with van der Waals surface area (Å²) < 4.78 is 10.6. The number of unbranched alkanes of at least 4 members (excludes halogenated alkanes) is 20. The number of carbonyl (C=O) groups is 2. The molecule has 0 saturated carbocycles. The molecule has 0 atom stereocenters. The SMILES string of the molecule is CCCCCC/C=C\COC(=O)CCCCCCCCCC(O)CCCCCCCCCC(=O)OC/C=C\CCCCCC. The Morgan fingerprint density at radius 1 is 0.477 bits per heavy atom. The first-order valence-electron chi connectivity index (χ1n) is 18.9.